The molecule has 0 atom stereocenters. The van der Waals surface area contributed by atoms with Crippen molar-refractivity contribution in [2.24, 2.45) is 5.73 Å². The van der Waals surface area contributed by atoms with Crippen LogP contribution < -0.4 is 11.1 Å². The highest BCUT2D eigenvalue weighted by Gasteiger charge is 2.12. The second-order valence-electron chi connectivity index (χ2n) is 8.33. The van der Waals surface area contributed by atoms with Gasteiger partial charge in [-0.3, -0.25) is 4.79 Å². The fourth-order valence-electron chi connectivity index (χ4n) is 3.96. The van der Waals surface area contributed by atoms with E-state index in [1.54, 1.807) is 0 Å². The van der Waals surface area contributed by atoms with Crippen LogP contribution in [-0.4, -0.2) is 43.5 Å². The highest BCUT2D eigenvalue weighted by molar-refractivity contribution is 5.76. The van der Waals surface area contributed by atoms with Crippen LogP contribution in [0.5, 0.6) is 0 Å². The quantitative estimate of drug-likeness (QED) is 0.581. The van der Waals surface area contributed by atoms with E-state index >= 15 is 0 Å². The van der Waals surface area contributed by atoms with Crippen molar-refractivity contribution in [2.75, 3.05) is 32.7 Å². The minimum atomic E-state index is 0.391. The molecule has 1 fully saturated rings. The second-order valence-corrected chi connectivity index (χ2v) is 8.33. The predicted molar refractivity (Wildman–Crippen MR) is 117 cm³/mol. The lowest BCUT2D eigenvalue weighted by molar-refractivity contribution is -0.131. The van der Waals surface area contributed by atoms with Crippen LogP contribution in [0.15, 0.2) is 0 Å². The average molecular weight is 382 g/mol. The lowest BCUT2D eigenvalue weighted by atomic mass is 10.0. The van der Waals surface area contributed by atoms with Gasteiger partial charge in [0.25, 0.3) is 0 Å². The first kappa shape index (κ1) is 24.4. The fraction of sp³-hybridized carbons (Fsp3) is 0.957. The molecule has 0 aromatic carbocycles. The van der Waals surface area contributed by atoms with Gasteiger partial charge in [0.2, 0.25) is 5.91 Å². The Kier molecular flexibility index (Phi) is 17.0. The smallest absolute Gasteiger partial charge is 0.222 e. The van der Waals surface area contributed by atoms with Crippen LogP contribution in [-0.2, 0) is 4.79 Å². The number of amides is 1. The van der Waals surface area contributed by atoms with Crippen LogP contribution in [0.3, 0.4) is 0 Å². The molecular weight excluding hydrogens is 334 g/mol. The molecule has 27 heavy (non-hydrogen) atoms. The van der Waals surface area contributed by atoms with Gasteiger partial charge in [-0.25, -0.2) is 0 Å². The zero-order valence-electron chi connectivity index (χ0n) is 18.0. The van der Waals surface area contributed by atoms with Gasteiger partial charge >= 0.3 is 0 Å². The molecule has 0 bridgehead atoms. The van der Waals surface area contributed by atoms with Crippen LogP contribution in [0.25, 0.3) is 0 Å². The van der Waals surface area contributed by atoms with Crippen molar-refractivity contribution in [3.63, 3.8) is 0 Å². The van der Waals surface area contributed by atoms with Crippen molar-refractivity contribution in [1.82, 2.24) is 10.2 Å². The Morgan fingerprint density at radius 3 is 1.81 bits per heavy atom. The summed E-state index contributed by atoms with van der Waals surface area (Å²) in [6.45, 7) is 4.72. The molecule has 4 heteroatoms. The monoisotopic (exact) mass is 381 g/mol. The van der Waals surface area contributed by atoms with Crippen LogP contribution in [0, 0.1) is 0 Å². The van der Waals surface area contributed by atoms with Crippen LogP contribution >= 0.6 is 0 Å². The van der Waals surface area contributed by atoms with Gasteiger partial charge in [0.15, 0.2) is 0 Å². The maximum atomic E-state index is 12.7. The molecule has 160 valence electrons. The molecule has 0 aromatic rings. The highest BCUT2D eigenvalue weighted by Crippen LogP contribution is 2.14. The number of carbonyl (C=O) groups is 1. The first-order valence-corrected chi connectivity index (χ1v) is 12.0. The third kappa shape index (κ3) is 15.0. The summed E-state index contributed by atoms with van der Waals surface area (Å²) in [4.78, 5) is 14.8. The number of nitrogens with zero attached hydrogens (tertiary/aromatic N) is 1. The average Bonchev–Trinajstić information content (AvgIpc) is 2.68. The van der Waals surface area contributed by atoms with Crippen molar-refractivity contribution in [1.29, 1.82) is 0 Å². The molecule has 0 unspecified atom stereocenters. The fourth-order valence-corrected chi connectivity index (χ4v) is 3.96. The van der Waals surface area contributed by atoms with Crippen molar-refractivity contribution in [3.8, 4) is 0 Å². The molecule has 1 aliphatic rings. The van der Waals surface area contributed by atoms with E-state index in [0.29, 0.717) is 5.91 Å². The molecule has 1 saturated heterocycles. The summed E-state index contributed by atoms with van der Waals surface area (Å²) < 4.78 is 0. The number of nitrogens with two attached hydrogens (primary N) is 1. The Morgan fingerprint density at radius 2 is 1.22 bits per heavy atom. The minimum absolute atomic E-state index is 0.391. The van der Waals surface area contributed by atoms with Gasteiger partial charge in [0, 0.05) is 19.5 Å². The molecule has 0 aliphatic carbocycles. The normalized spacial score (nSPS) is 19.7. The van der Waals surface area contributed by atoms with Gasteiger partial charge in [0.05, 0.1) is 0 Å². The van der Waals surface area contributed by atoms with E-state index in [1.165, 1.54) is 77.0 Å². The first-order valence-electron chi connectivity index (χ1n) is 12.0. The molecule has 4 nitrogen and oxygen atoms in total. The van der Waals surface area contributed by atoms with Gasteiger partial charge < -0.3 is 16.0 Å². The van der Waals surface area contributed by atoms with Crippen LogP contribution in [0.4, 0.5) is 0 Å². The molecule has 0 radical (unpaired) electrons. The molecular formula is C23H47N3O. The summed E-state index contributed by atoms with van der Waals surface area (Å²) in [5, 5.41) is 3.48. The Morgan fingerprint density at radius 1 is 0.704 bits per heavy atom. The SMILES string of the molecule is NCCCCNCCCN1CCCCCCCCCCCCCCCC1=O. The molecule has 0 aromatic heterocycles. The van der Waals surface area contributed by atoms with Crippen LogP contribution in [0.2, 0.25) is 0 Å². The number of hydrogen-bond donors (Lipinski definition) is 2. The van der Waals surface area contributed by atoms with E-state index in [2.05, 4.69) is 10.2 Å². The molecule has 0 saturated carbocycles. The number of hydrogen-bond acceptors (Lipinski definition) is 3. The molecule has 0 spiro atoms. The largest absolute Gasteiger partial charge is 0.343 e. The number of unbranched alkanes of at least 4 members (excludes halogenated alkanes) is 1. The molecule has 1 aliphatic heterocycles. The lowest BCUT2D eigenvalue weighted by Crippen LogP contribution is -2.34. The van der Waals surface area contributed by atoms with Crippen molar-refractivity contribution < 1.29 is 4.79 Å². The molecule has 1 rings (SSSR count). The predicted octanol–water partition coefficient (Wildman–Crippen LogP) is 5.01. The van der Waals surface area contributed by atoms with E-state index in [0.717, 1.165) is 64.8 Å². The Labute approximate surface area is 169 Å². The van der Waals surface area contributed by atoms with Crippen molar-refractivity contribution in [2.45, 2.75) is 109 Å². The van der Waals surface area contributed by atoms with E-state index in [1.807, 2.05) is 0 Å². The Hall–Kier alpha value is -0.610. The summed E-state index contributed by atoms with van der Waals surface area (Å²) in [5.74, 6) is 0.391. The zero-order chi connectivity index (χ0) is 19.4. The van der Waals surface area contributed by atoms with Gasteiger partial charge in [-0.2, -0.15) is 0 Å². The third-order valence-corrected chi connectivity index (χ3v) is 5.76. The Bertz CT molecular complexity index is 336. The third-order valence-electron chi connectivity index (χ3n) is 5.76. The van der Waals surface area contributed by atoms with E-state index in [9.17, 15) is 4.79 Å². The Balaban J connectivity index is 2.28. The topological polar surface area (TPSA) is 58.4 Å². The number of nitrogens with one attached hydrogen (secondary N) is 1. The maximum Gasteiger partial charge on any atom is 0.222 e. The van der Waals surface area contributed by atoms with Gasteiger partial charge in [0.1, 0.15) is 0 Å². The zero-order valence-corrected chi connectivity index (χ0v) is 18.0. The van der Waals surface area contributed by atoms with E-state index in [4.69, 9.17) is 5.73 Å². The summed E-state index contributed by atoms with van der Waals surface area (Å²) >= 11 is 0. The summed E-state index contributed by atoms with van der Waals surface area (Å²) in [6, 6.07) is 0. The first-order chi connectivity index (χ1) is 13.3. The summed E-state index contributed by atoms with van der Waals surface area (Å²) in [7, 11) is 0. The van der Waals surface area contributed by atoms with E-state index in [-0.39, 0.29) is 0 Å². The highest BCUT2D eigenvalue weighted by atomic mass is 16.2. The van der Waals surface area contributed by atoms with E-state index < -0.39 is 0 Å². The number of carbonyl (C=O) groups excluding carboxylic acids is 1. The standard InChI is InChI=1S/C23H47N3O/c24-18-13-14-19-25-20-16-22-26-21-15-11-9-7-5-3-1-2-4-6-8-10-12-17-23(26)27/h25H,1-22,24H2. The van der Waals surface area contributed by atoms with Gasteiger partial charge in [-0.05, 0) is 51.7 Å². The lowest BCUT2D eigenvalue weighted by Gasteiger charge is -2.23. The van der Waals surface area contributed by atoms with Crippen molar-refractivity contribution in [3.05, 3.63) is 0 Å². The maximum absolute atomic E-state index is 12.7. The van der Waals surface area contributed by atoms with Crippen molar-refractivity contribution >= 4 is 5.91 Å². The summed E-state index contributed by atoms with van der Waals surface area (Å²) in [5.41, 5.74) is 5.53. The van der Waals surface area contributed by atoms with Gasteiger partial charge in [-0.15, -0.1) is 0 Å². The van der Waals surface area contributed by atoms with Crippen LogP contribution in [0.1, 0.15) is 109 Å². The summed E-state index contributed by atoms with van der Waals surface area (Å²) in [6.07, 6.45) is 21.2. The second kappa shape index (κ2) is 18.7. The number of rotatable bonds is 8. The minimum Gasteiger partial charge on any atom is -0.343 e. The molecule has 1 amide bonds. The van der Waals surface area contributed by atoms with Gasteiger partial charge in [-0.1, -0.05) is 70.6 Å². The molecule has 1 heterocycles. The molecule has 3 N–H and O–H groups in total.